The van der Waals surface area contributed by atoms with Crippen molar-refractivity contribution >= 4 is 5.91 Å². The number of carbonyl (C=O) groups excluding carboxylic acids is 1. The fraction of sp³-hybridized carbons (Fsp3) is 0.588. The molecular weight excluding hydrogens is 264 g/mol. The summed E-state index contributed by atoms with van der Waals surface area (Å²) in [4.78, 5) is 15.2. The number of nitrogens with one attached hydrogen (secondary N) is 1. The molecule has 1 spiro atoms. The lowest BCUT2D eigenvalue weighted by Gasteiger charge is -2.50. The number of nitrogens with zero attached hydrogens (tertiary/aromatic N) is 1. The molecule has 0 bridgehead atoms. The van der Waals surface area contributed by atoms with Crippen LogP contribution < -0.4 is 10.1 Å². The molecule has 0 atom stereocenters. The Hall–Kier alpha value is -1.55. The Morgan fingerprint density at radius 3 is 2.76 bits per heavy atom. The van der Waals surface area contributed by atoms with E-state index >= 15 is 0 Å². The summed E-state index contributed by atoms with van der Waals surface area (Å²) in [5.41, 5.74) is 0.695. The molecule has 1 aromatic carbocycles. The van der Waals surface area contributed by atoms with Gasteiger partial charge in [0.1, 0.15) is 5.75 Å². The lowest BCUT2D eigenvalue weighted by atomic mass is 9.78. The van der Waals surface area contributed by atoms with Crippen molar-refractivity contribution in [2.45, 2.75) is 37.6 Å². The summed E-state index contributed by atoms with van der Waals surface area (Å²) in [6, 6.07) is 7.55. The van der Waals surface area contributed by atoms with E-state index in [1.165, 1.54) is 19.3 Å². The standard InChI is InChI=1S/C17H24N2O2/c1-21-15-8-4-3-7-14(15)16(20)19-12-11-18-13-17(19)9-5-2-6-10-17/h3-4,7-8,18H,2,5-6,9-13H2,1H3. The molecular formula is C17H24N2O2. The first-order valence-corrected chi connectivity index (χ1v) is 7.93. The Labute approximate surface area is 126 Å². The van der Waals surface area contributed by atoms with Crippen LogP contribution in [-0.2, 0) is 0 Å². The number of para-hydroxylation sites is 1. The van der Waals surface area contributed by atoms with E-state index in [1.807, 2.05) is 24.3 Å². The minimum absolute atomic E-state index is 0.00837. The smallest absolute Gasteiger partial charge is 0.258 e. The van der Waals surface area contributed by atoms with Gasteiger partial charge in [0.2, 0.25) is 0 Å². The Kier molecular flexibility index (Phi) is 4.15. The molecule has 1 aliphatic heterocycles. The maximum atomic E-state index is 13.1. The van der Waals surface area contributed by atoms with Crippen molar-refractivity contribution in [3.8, 4) is 5.75 Å². The highest BCUT2D eigenvalue weighted by molar-refractivity contribution is 5.97. The molecule has 21 heavy (non-hydrogen) atoms. The highest BCUT2D eigenvalue weighted by atomic mass is 16.5. The summed E-state index contributed by atoms with van der Waals surface area (Å²) in [5.74, 6) is 0.794. The number of methoxy groups -OCH3 is 1. The fourth-order valence-electron chi connectivity index (χ4n) is 3.78. The van der Waals surface area contributed by atoms with Crippen LogP contribution in [0.2, 0.25) is 0 Å². The van der Waals surface area contributed by atoms with Crippen LogP contribution in [-0.4, -0.2) is 43.1 Å². The maximum absolute atomic E-state index is 13.1. The number of amides is 1. The van der Waals surface area contributed by atoms with Gasteiger partial charge in [0.25, 0.3) is 5.91 Å². The summed E-state index contributed by atoms with van der Waals surface area (Å²) in [7, 11) is 1.63. The van der Waals surface area contributed by atoms with E-state index in [0.29, 0.717) is 11.3 Å². The van der Waals surface area contributed by atoms with Gasteiger partial charge < -0.3 is 15.0 Å². The maximum Gasteiger partial charge on any atom is 0.258 e. The van der Waals surface area contributed by atoms with E-state index < -0.39 is 0 Å². The summed E-state index contributed by atoms with van der Waals surface area (Å²) in [6.45, 7) is 2.59. The van der Waals surface area contributed by atoms with E-state index in [9.17, 15) is 4.79 Å². The topological polar surface area (TPSA) is 41.6 Å². The molecule has 4 nitrogen and oxygen atoms in total. The SMILES string of the molecule is COc1ccccc1C(=O)N1CCNCC12CCCCC2. The molecule has 1 aromatic rings. The number of benzene rings is 1. The molecule has 1 aliphatic carbocycles. The monoisotopic (exact) mass is 288 g/mol. The van der Waals surface area contributed by atoms with Crippen LogP contribution in [0.15, 0.2) is 24.3 Å². The van der Waals surface area contributed by atoms with Crippen molar-refractivity contribution in [3.05, 3.63) is 29.8 Å². The van der Waals surface area contributed by atoms with E-state index in [0.717, 1.165) is 32.5 Å². The second-order valence-electron chi connectivity index (χ2n) is 6.12. The van der Waals surface area contributed by atoms with Gasteiger partial charge in [-0.1, -0.05) is 31.4 Å². The van der Waals surface area contributed by atoms with Gasteiger partial charge in [-0.05, 0) is 25.0 Å². The quantitative estimate of drug-likeness (QED) is 0.909. The van der Waals surface area contributed by atoms with Gasteiger partial charge in [-0.25, -0.2) is 0 Å². The van der Waals surface area contributed by atoms with Crippen LogP contribution >= 0.6 is 0 Å². The number of ether oxygens (including phenoxy) is 1. The van der Waals surface area contributed by atoms with Crippen LogP contribution in [0.5, 0.6) is 5.75 Å². The molecule has 0 unspecified atom stereocenters. The fourth-order valence-corrected chi connectivity index (χ4v) is 3.78. The first-order valence-electron chi connectivity index (χ1n) is 7.93. The Morgan fingerprint density at radius 1 is 1.24 bits per heavy atom. The lowest BCUT2D eigenvalue weighted by molar-refractivity contribution is 0.0220. The zero-order valence-electron chi connectivity index (χ0n) is 12.7. The van der Waals surface area contributed by atoms with E-state index in [4.69, 9.17) is 4.74 Å². The van der Waals surface area contributed by atoms with Crippen molar-refractivity contribution in [1.29, 1.82) is 0 Å². The zero-order valence-corrected chi connectivity index (χ0v) is 12.7. The van der Waals surface area contributed by atoms with Crippen molar-refractivity contribution in [2.75, 3.05) is 26.7 Å². The van der Waals surface area contributed by atoms with Gasteiger partial charge in [-0.15, -0.1) is 0 Å². The number of piperazine rings is 1. The highest BCUT2D eigenvalue weighted by Gasteiger charge is 2.42. The minimum atomic E-state index is 0.00837. The van der Waals surface area contributed by atoms with Crippen LogP contribution in [0.1, 0.15) is 42.5 Å². The molecule has 1 saturated carbocycles. The van der Waals surface area contributed by atoms with Gasteiger partial charge >= 0.3 is 0 Å². The Bertz CT molecular complexity index is 501. The van der Waals surface area contributed by atoms with Crippen molar-refractivity contribution in [3.63, 3.8) is 0 Å². The van der Waals surface area contributed by atoms with E-state index in [-0.39, 0.29) is 11.4 Å². The summed E-state index contributed by atoms with van der Waals surface area (Å²) in [5, 5.41) is 3.49. The Balaban J connectivity index is 1.91. The summed E-state index contributed by atoms with van der Waals surface area (Å²) in [6.07, 6.45) is 5.95. The van der Waals surface area contributed by atoms with Gasteiger partial charge in [0.15, 0.2) is 0 Å². The largest absolute Gasteiger partial charge is 0.496 e. The number of rotatable bonds is 2. The zero-order chi connectivity index (χ0) is 14.7. The van der Waals surface area contributed by atoms with Crippen LogP contribution in [0.3, 0.4) is 0 Å². The molecule has 3 rings (SSSR count). The molecule has 1 heterocycles. The van der Waals surface area contributed by atoms with Gasteiger partial charge in [-0.3, -0.25) is 4.79 Å². The third-order valence-electron chi connectivity index (χ3n) is 4.91. The molecule has 114 valence electrons. The molecule has 1 amide bonds. The first kappa shape index (κ1) is 14.4. The lowest BCUT2D eigenvalue weighted by Crippen LogP contribution is -2.63. The third-order valence-corrected chi connectivity index (χ3v) is 4.91. The predicted molar refractivity (Wildman–Crippen MR) is 82.7 cm³/mol. The van der Waals surface area contributed by atoms with Crippen LogP contribution in [0.25, 0.3) is 0 Å². The predicted octanol–water partition coefficient (Wildman–Crippen LogP) is 2.44. The van der Waals surface area contributed by atoms with Crippen molar-refractivity contribution in [1.82, 2.24) is 10.2 Å². The highest BCUT2D eigenvalue weighted by Crippen LogP contribution is 2.36. The Morgan fingerprint density at radius 2 is 2.00 bits per heavy atom. The van der Waals surface area contributed by atoms with Crippen LogP contribution in [0.4, 0.5) is 0 Å². The van der Waals surface area contributed by atoms with Crippen LogP contribution in [0, 0.1) is 0 Å². The third kappa shape index (κ3) is 2.64. The second kappa shape index (κ2) is 6.06. The first-order chi connectivity index (χ1) is 10.3. The average Bonchev–Trinajstić information content (AvgIpc) is 2.55. The molecule has 1 N–H and O–H groups in total. The number of carbonyl (C=O) groups is 1. The number of hydrogen-bond acceptors (Lipinski definition) is 3. The molecule has 2 aliphatic rings. The average molecular weight is 288 g/mol. The normalized spacial score (nSPS) is 21.3. The van der Waals surface area contributed by atoms with Gasteiger partial charge in [-0.2, -0.15) is 0 Å². The van der Waals surface area contributed by atoms with Crippen molar-refractivity contribution in [2.24, 2.45) is 0 Å². The molecule has 0 aromatic heterocycles. The minimum Gasteiger partial charge on any atom is -0.496 e. The molecule has 0 radical (unpaired) electrons. The van der Waals surface area contributed by atoms with Crippen molar-refractivity contribution < 1.29 is 9.53 Å². The van der Waals surface area contributed by atoms with E-state index in [1.54, 1.807) is 7.11 Å². The summed E-state index contributed by atoms with van der Waals surface area (Å²) < 4.78 is 5.37. The summed E-state index contributed by atoms with van der Waals surface area (Å²) >= 11 is 0. The molecule has 4 heteroatoms. The molecule has 1 saturated heterocycles. The van der Waals surface area contributed by atoms with E-state index in [2.05, 4.69) is 10.2 Å². The second-order valence-corrected chi connectivity index (χ2v) is 6.12. The molecule has 2 fully saturated rings. The van der Waals surface area contributed by atoms with Gasteiger partial charge in [0, 0.05) is 19.6 Å². The number of hydrogen-bond donors (Lipinski definition) is 1. The van der Waals surface area contributed by atoms with Gasteiger partial charge in [0.05, 0.1) is 18.2 Å².